The van der Waals surface area contributed by atoms with Crippen LogP contribution in [0, 0.1) is 6.92 Å². The minimum atomic E-state index is -0.549. The van der Waals surface area contributed by atoms with Crippen molar-refractivity contribution in [3.63, 3.8) is 0 Å². The van der Waals surface area contributed by atoms with E-state index in [-0.39, 0.29) is 11.1 Å². The highest BCUT2D eigenvalue weighted by atomic mass is 16.5. The number of hydrogen-bond donors (Lipinski definition) is 2. The Hall–Kier alpha value is -4.21. The summed E-state index contributed by atoms with van der Waals surface area (Å²) in [5.41, 5.74) is 3.20. The standard InChI is InChI=1S/C32H37N5O4/c1-22-9-11-23(12-10-22)37-27(21-29(34-37)32(2,3)4)30(35-39)31(38)33-26-13-14-28(25-8-6-5-7-24(25)26)41-20-17-36-15-18-40-19-16-36/h5-14,21,39H,15-20H2,1-4H3,(H,33,38)/b35-30-. The van der Waals surface area contributed by atoms with Crippen LogP contribution in [0.4, 0.5) is 5.69 Å². The Bertz CT molecular complexity index is 1550. The van der Waals surface area contributed by atoms with Crippen molar-refractivity contribution in [3.05, 3.63) is 83.7 Å². The van der Waals surface area contributed by atoms with E-state index in [1.165, 1.54) is 0 Å². The zero-order valence-electron chi connectivity index (χ0n) is 24.1. The highest BCUT2D eigenvalue weighted by Crippen LogP contribution is 2.32. The third kappa shape index (κ3) is 6.42. The predicted octanol–water partition coefficient (Wildman–Crippen LogP) is 5.16. The van der Waals surface area contributed by atoms with Gasteiger partial charge in [0.1, 0.15) is 18.1 Å². The molecule has 41 heavy (non-hydrogen) atoms. The summed E-state index contributed by atoms with van der Waals surface area (Å²) in [6.07, 6.45) is 0. The molecule has 0 saturated carbocycles. The fraction of sp³-hybridized carbons (Fsp3) is 0.344. The zero-order valence-corrected chi connectivity index (χ0v) is 24.1. The van der Waals surface area contributed by atoms with Gasteiger partial charge in [0, 0.05) is 41.5 Å². The zero-order chi connectivity index (χ0) is 29.0. The molecule has 0 aliphatic carbocycles. The Morgan fingerprint density at radius 2 is 1.76 bits per heavy atom. The van der Waals surface area contributed by atoms with Gasteiger partial charge >= 0.3 is 0 Å². The number of anilines is 1. The van der Waals surface area contributed by atoms with E-state index in [0.29, 0.717) is 18.0 Å². The Labute approximate surface area is 240 Å². The minimum Gasteiger partial charge on any atom is -0.492 e. The van der Waals surface area contributed by atoms with Gasteiger partial charge in [-0.1, -0.05) is 67.9 Å². The van der Waals surface area contributed by atoms with E-state index in [9.17, 15) is 10.0 Å². The molecule has 0 atom stereocenters. The fourth-order valence-electron chi connectivity index (χ4n) is 4.81. The van der Waals surface area contributed by atoms with E-state index in [2.05, 4.69) is 15.4 Å². The number of morpholine rings is 1. The predicted molar refractivity (Wildman–Crippen MR) is 161 cm³/mol. The van der Waals surface area contributed by atoms with Gasteiger partial charge in [-0.05, 0) is 37.3 Å². The summed E-state index contributed by atoms with van der Waals surface area (Å²) in [4.78, 5) is 15.9. The highest BCUT2D eigenvalue weighted by molar-refractivity contribution is 6.48. The van der Waals surface area contributed by atoms with Gasteiger partial charge in [0.15, 0.2) is 5.71 Å². The highest BCUT2D eigenvalue weighted by Gasteiger charge is 2.27. The minimum absolute atomic E-state index is 0.136. The average Bonchev–Trinajstić information content (AvgIpc) is 3.41. The molecule has 9 nitrogen and oxygen atoms in total. The summed E-state index contributed by atoms with van der Waals surface area (Å²) in [6, 6.07) is 21.1. The molecule has 214 valence electrons. The molecule has 1 amide bonds. The van der Waals surface area contributed by atoms with Crippen LogP contribution in [0.25, 0.3) is 16.5 Å². The van der Waals surface area contributed by atoms with Crippen molar-refractivity contribution in [1.82, 2.24) is 14.7 Å². The maximum atomic E-state index is 13.6. The van der Waals surface area contributed by atoms with Crippen LogP contribution in [-0.2, 0) is 14.9 Å². The fourth-order valence-corrected chi connectivity index (χ4v) is 4.81. The molecule has 2 heterocycles. The van der Waals surface area contributed by atoms with Crippen molar-refractivity contribution in [2.75, 3.05) is 44.8 Å². The molecule has 1 aromatic heterocycles. The summed E-state index contributed by atoms with van der Waals surface area (Å²) in [7, 11) is 0. The number of rotatable bonds is 8. The molecular weight excluding hydrogens is 518 g/mol. The molecule has 9 heteroatoms. The smallest absolute Gasteiger partial charge is 0.279 e. The summed E-state index contributed by atoms with van der Waals surface area (Å²) < 4.78 is 13.2. The first kappa shape index (κ1) is 28.3. The van der Waals surface area contributed by atoms with Gasteiger partial charge < -0.3 is 20.0 Å². The number of aromatic nitrogens is 2. The number of carbonyl (C=O) groups excluding carboxylic acids is 1. The summed E-state index contributed by atoms with van der Waals surface area (Å²) in [6.45, 7) is 12.8. The average molecular weight is 556 g/mol. The van der Waals surface area contributed by atoms with E-state index in [1.807, 2.05) is 88.4 Å². The summed E-state index contributed by atoms with van der Waals surface area (Å²) in [5.74, 6) is 0.197. The summed E-state index contributed by atoms with van der Waals surface area (Å²) >= 11 is 0. The van der Waals surface area contributed by atoms with Crippen LogP contribution < -0.4 is 10.1 Å². The lowest BCUT2D eigenvalue weighted by Crippen LogP contribution is -2.38. The van der Waals surface area contributed by atoms with Gasteiger partial charge in [-0.25, -0.2) is 4.68 Å². The maximum Gasteiger partial charge on any atom is 0.279 e. The third-order valence-corrected chi connectivity index (χ3v) is 7.22. The van der Waals surface area contributed by atoms with Crippen molar-refractivity contribution >= 4 is 28.1 Å². The van der Waals surface area contributed by atoms with E-state index in [4.69, 9.17) is 14.6 Å². The van der Waals surface area contributed by atoms with Gasteiger partial charge in [-0.3, -0.25) is 9.69 Å². The number of aryl methyl sites for hydroxylation is 1. The van der Waals surface area contributed by atoms with Crippen molar-refractivity contribution in [2.24, 2.45) is 5.16 Å². The first-order chi connectivity index (χ1) is 19.7. The molecule has 3 aromatic carbocycles. The topological polar surface area (TPSA) is 101 Å². The van der Waals surface area contributed by atoms with E-state index < -0.39 is 5.91 Å². The molecule has 0 spiro atoms. The van der Waals surface area contributed by atoms with E-state index in [0.717, 1.165) is 66.3 Å². The lowest BCUT2D eigenvalue weighted by Gasteiger charge is -2.26. The number of carbonyl (C=O) groups is 1. The molecule has 1 fully saturated rings. The molecule has 1 aliphatic heterocycles. The molecule has 0 unspecified atom stereocenters. The number of oxime groups is 1. The Kier molecular flexibility index (Phi) is 8.37. The number of hydrogen-bond acceptors (Lipinski definition) is 7. The Balaban J connectivity index is 1.41. The maximum absolute atomic E-state index is 13.6. The van der Waals surface area contributed by atoms with Crippen molar-refractivity contribution in [1.29, 1.82) is 0 Å². The normalized spacial score (nSPS) is 14.8. The first-order valence-electron chi connectivity index (χ1n) is 13.9. The number of nitrogens with one attached hydrogen (secondary N) is 1. The second-order valence-electron chi connectivity index (χ2n) is 11.3. The van der Waals surface area contributed by atoms with Crippen molar-refractivity contribution < 1.29 is 19.5 Å². The molecule has 1 saturated heterocycles. The lowest BCUT2D eigenvalue weighted by molar-refractivity contribution is -0.110. The first-order valence-corrected chi connectivity index (χ1v) is 13.9. The second-order valence-corrected chi connectivity index (χ2v) is 11.3. The van der Waals surface area contributed by atoms with Crippen LogP contribution in [0.2, 0.25) is 0 Å². The number of fused-ring (bicyclic) bond motifs is 1. The van der Waals surface area contributed by atoms with Crippen molar-refractivity contribution in [2.45, 2.75) is 33.1 Å². The van der Waals surface area contributed by atoms with Crippen LogP contribution >= 0.6 is 0 Å². The lowest BCUT2D eigenvalue weighted by atomic mass is 9.92. The van der Waals surface area contributed by atoms with Crippen LogP contribution in [-0.4, -0.2) is 71.0 Å². The van der Waals surface area contributed by atoms with E-state index in [1.54, 1.807) is 10.7 Å². The van der Waals surface area contributed by atoms with Gasteiger partial charge in [-0.15, -0.1) is 0 Å². The van der Waals surface area contributed by atoms with Gasteiger partial charge in [0.05, 0.1) is 24.6 Å². The van der Waals surface area contributed by atoms with E-state index >= 15 is 0 Å². The molecule has 1 aliphatic rings. The van der Waals surface area contributed by atoms with Crippen molar-refractivity contribution in [3.8, 4) is 11.4 Å². The monoisotopic (exact) mass is 555 g/mol. The molecule has 0 radical (unpaired) electrons. The number of nitrogens with zero attached hydrogens (tertiary/aromatic N) is 4. The number of amides is 1. The third-order valence-electron chi connectivity index (χ3n) is 7.22. The molecule has 0 bridgehead atoms. The van der Waals surface area contributed by atoms with Gasteiger partial charge in [0.25, 0.3) is 5.91 Å². The van der Waals surface area contributed by atoms with Gasteiger partial charge in [0.2, 0.25) is 0 Å². The molecule has 5 rings (SSSR count). The van der Waals surface area contributed by atoms with Crippen LogP contribution in [0.1, 0.15) is 37.7 Å². The molecule has 4 aromatic rings. The quantitative estimate of drug-likeness (QED) is 0.177. The van der Waals surface area contributed by atoms with Gasteiger partial charge in [-0.2, -0.15) is 5.10 Å². The van der Waals surface area contributed by atoms with Crippen LogP contribution in [0.15, 0.2) is 71.9 Å². The number of benzene rings is 3. The summed E-state index contributed by atoms with van der Waals surface area (Å²) in [5, 5.41) is 23.0. The largest absolute Gasteiger partial charge is 0.492 e. The molecule has 2 N–H and O–H groups in total. The Morgan fingerprint density at radius 3 is 2.44 bits per heavy atom. The Morgan fingerprint density at radius 1 is 1.05 bits per heavy atom. The SMILES string of the molecule is Cc1ccc(-n2nc(C(C)(C)C)cc2/C(=N/O)C(=O)Nc2ccc(OCCN3CCOCC3)c3ccccc23)cc1. The molecular formula is C32H37N5O4. The number of ether oxygens (including phenoxy) is 2. The van der Waals surface area contributed by atoms with Crippen LogP contribution in [0.3, 0.4) is 0 Å². The second kappa shape index (κ2) is 12.1. The van der Waals surface area contributed by atoms with Crippen LogP contribution in [0.5, 0.6) is 5.75 Å².